The van der Waals surface area contributed by atoms with E-state index in [4.69, 9.17) is 0 Å². The topological polar surface area (TPSA) is 41.8 Å². The maximum absolute atomic E-state index is 12.8. The Bertz CT molecular complexity index is 534. The fourth-order valence-corrected chi connectivity index (χ4v) is 1.98. The van der Waals surface area contributed by atoms with Crippen molar-refractivity contribution in [1.29, 1.82) is 0 Å². The Morgan fingerprint density at radius 1 is 1.04 bits per heavy atom. The molecule has 0 bridgehead atoms. The van der Waals surface area contributed by atoms with Gasteiger partial charge in [-0.1, -0.05) is 42.8 Å². The van der Waals surface area contributed by atoms with E-state index in [1.54, 1.807) is 0 Å². The highest BCUT2D eigenvalue weighted by Crippen LogP contribution is 2.49. The van der Waals surface area contributed by atoms with Gasteiger partial charge < -0.3 is 9.94 Å². The Balaban J connectivity index is 3.33. The van der Waals surface area contributed by atoms with E-state index >= 15 is 0 Å². The average Bonchev–Trinajstić information content (AvgIpc) is 2.44. The zero-order valence-corrected chi connectivity index (χ0v) is 12.3. The van der Waals surface area contributed by atoms with Gasteiger partial charge in [-0.25, -0.2) is 0 Å². The van der Waals surface area contributed by atoms with E-state index in [0.29, 0.717) is 36.2 Å². The number of nitrogens with zero attached hydrogens (tertiary/aromatic N) is 1. The van der Waals surface area contributed by atoms with Crippen molar-refractivity contribution in [1.82, 2.24) is 0 Å². The first-order valence-electron chi connectivity index (χ1n) is 6.55. The van der Waals surface area contributed by atoms with Gasteiger partial charge >= 0.3 is 12.4 Å². The molecule has 9 heteroatoms. The second-order valence-corrected chi connectivity index (χ2v) is 4.75. The maximum Gasteiger partial charge on any atom is 0.430 e. The summed E-state index contributed by atoms with van der Waals surface area (Å²) in [6, 6.07) is 3.23. The normalized spacial score (nSPS) is 14.0. The van der Waals surface area contributed by atoms with E-state index in [9.17, 15) is 31.4 Å². The molecule has 0 aliphatic rings. The molecule has 0 radical (unpaired) electrons. The molecule has 0 amide bonds. The summed E-state index contributed by atoms with van der Waals surface area (Å²) >= 11 is 0. The minimum absolute atomic E-state index is 0.309. The number of benzene rings is 1. The molecule has 1 aromatic carbocycles. The van der Waals surface area contributed by atoms with Crippen molar-refractivity contribution in [2.24, 2.45) is 5.16 Å². The molecule has 1 aromatic rings. The van der Waals surface area contributed by atoms with Gasteiger partial charge in [0.2, 0.25) is 0 Å². The zero-order chi connectivity index (χ0) is 17.9. The highest BCUT2D eigenvalue weighted by molar-refractivity contribution is 6.00. The summed E-state index contributed by atoms with van der Waals surface area (Å²) in [6.07, 6.45) is -10.7. The molecule has 0 unspecified atom stereocenters. The third-order valence-corrected chi connectivity index (χ3v) is 3.14. The lowest BCUT2D eigenvalue weighted by atomic mass is 9.91. The molecule has 0 aliphatic heterocycles. The number of halogens is 6. The average molecular weight is 343 g/mol. The summed E-state index contributed by atoms with van der Waals surface area (Å²) < 4.78 is 76.6. The SMILES string of the molecule is CCC/C(=N\OC)c1ccc(C(O)(C(F)(F)F)C(F)(F)F)cc1. The molecule has 0 aliphatic carbocycles. The van der Waals surface area contributed by atoms with Crippen molar-refractivity contribution in [3.05, 3.63) is 35.4 Å². The largest absolute Gasteiger partial charge is 0.430 e. The first kappa shape index (κ1) is 19.3. The quantitative estimate of drug-likeness (QED) is 0.496. The predicted molar refractivity (Wildman–Crippen MR) is 70.9 cm³/mol. The van der Waals surface area contributed by atoms with Gasteiger partial charge in [0, 0.05) is 5.56 Å². The van der Waals surface area contributed by atoms with Crippen LogP contribution in [0.5, 0.6) is 0 Å². The maximum atomic E-state index is 12.8. The highest BCUT2D eigenvalue weighted by atomic mass is 19.4. The zero-order valence-electron chi connectivity index (χ0n) is 12.3. The van der Waals surface area contributed by atoms with Crippen LogP contribution in [0.3, 0.4) is 0 Å². The predicted octanol–water partition coefficient (Wildman–Crippen LogP) is 4.15. The molecule has 1 rings (SSSR count). The standard InChI is InChI=1S/C14H15F6NO2/c1-3-4-11(21-23-2)9-5-7-10(8-6-9)12(22,13(15,16)17)14(18,19)20/h5-8,22H,3-4H2,1-2H3/b21-11+. The number of aliphatic hydroxyl groups is 1. The molecule has 130 valence electrons. The molecule has 0 spiro atoms. The highest BCUT2D eigenvalue weighted by Gasteiger charge is 2.71. The molecular formula is C14H15F6NO2. The molecule has 23 heavy (non-hydrogen) atoms. The summed E-state index contributed by atoms with van der Waals surface area (Å²) in [5.41, 5.74) is -5.55. The van der Waals surface area contributed by atoms with Crippen LogP contribution in [0.25, 0.3) is 0 Å². The summed E-state index contributed by atoms with van der Waals surface area (Å²) in [5.74, 6) is 0. The minimum atomic E-state index is -5.90. The summed E-state index contributed by atoms with van der Waals surface area (Å²) in [4.78, 5) is 4.60. The van der Waals surface area contributed by atoms with Crippen LogP contribution in [0.1, 0.15) is 30.9 Å². The number of alkyl halides is 6. The molecule has 0 fully saturated rings. The molecular weight excluding hydrogens is 328 g/mol. The lowest BCUT2D eigenvalue weighted by Crippen LogP contribution is -2.53. The molecule has 0 saturated heterocycles. The fourth-order valence-electron chi connectivity index (χ4n) is 1.98. The van der Waals surface area contributed by atoms with Crippen LogP contribution in [0.2, 0.25) is 0 Å². The van der Waals surface area contributed by atoms with Gasteiger partial charge in [-0.15, -0.1) is 0 Å². The molecule has 0 heterocycles. The lowest BCUT2D eigenvalue weighted by molar-refractivity contribution is -0.376. The van der Waals surface area contributed by atoms with Crippen molar-refractivity contribution < 1.29 is 36.3 Å². The van der Waals surface area contributed by atoms with E-state index in [1.807, 2.05) is 6.92 Å². The Morgan fingerprint density at radius 3 is 1.87 bits per heavy atom. The van der Waals surface area contributed by atoms with Gasteiger partial charge in [-0.2, -0.15) is 26.3 Å². The second kappa shape index (κ2) is 6.77. The van der Waals surface area contributed by atoms with Gasteiger partial charge in [0.05, 0.1) is 5.71 Å². The Kier molecular flexibility index (Phi) is 5.68. The van der Waals surface area contributed by atoms with Crippen LogP contribution in [0, 0.1) is 0 Å². The van der Waals surface area contributed by atoms with Crippen LogP contribution < -0.4 is 0 Å². The van der Waals surface area contributed by atoms with Crippen molar-refractivity contribution in [3.8, 4) is 0 Å². The van der Waals surface area contributed by atoms with E-state index < -0.39 is 23.5 Å². The van der Waals surface area contributed by atoms with Crippen molar-refractivity contribution in [2.45, 2.75) is 37.7 Å². The van der Waals surface area contributed by atoms with Gasteiger partial charge in [0.25, 0.3) is 5.60 Å². The van der Waals surface area contributed by atoms with Gasteiger partial charge in [0.15, 0.2) is 0 Å². The lowest BCUT2D eigenvalue weighted by Gasteiger charge is -2.32. The molecule has 0 aromatic heterocycles. The number of rotatable bonds is 5. The van der Waals surface area contributed by atoms with E-state index in [-0.39, 0.29) is 0 Å². The minimum Gasteiger partial charge on any atom is -0.399 e. The fraction of sp³-hybridized carbons (Fsp3) is 0.500. The first-order chi connectivity index (χ1) is 10.5. The Morgan fingerprint density at radius 2 is 1.52 bits per heavy atom. The van der Waals surface area contributed by atoms with E-state index in [2.05, 4.69) is 9.99 Å². The smallest absolute Gasteiger partial charge is 0.399 e. The molecule has 0 saturated carbocycles. The van der Waals surface area contributed by atoms with Crippen molar-refractivity contribution in [2.75, 3.05) is 7.11 Å². The summed E-state index contributed by atoms with van der Waals surface area (Å²) in [5, 5.41) is 13.0. The second-order valence-electron chi connectivity index (χ2n) is 4.75. The third-order valence-electron chi connectivity index (χ3n) is 3.14. The monoisotopic (exact) mass is 343 g/mol. The number of hydrogen-bond donors (Lipinski definition) is 1. The molecule has 1 N–H and O–H groups in total. The van der Waals surface area contributed by atoms with Crippen LogP contribution in [-0.4, -0.2) is 30.3 Å². The Hall–Kier alpha value is -1.77. The number of hydrogen-bond acceptors (Lipinski definition) is 3. The van der Waals surface area contributed by atoms with Crippen LogP contribution in [0.15, 0.2) is 29.4 Å². The van der Waals surface area contributed by atoms with Gasteiger partial charge in [-0.05, 0) is 12.0 Å². The molecule has 0 atom stereocenters. The first-order valence-corrected chi connectivity index (χ1v) is 6.55. The number of oxime groups is 1. The van der Waals surface area contributed by atoms with Crippen LogP contribution >= 0.6 is 0 Å². The van der Waals surface area contributed by atoms with Crippen LogP contribution in [-0.2, 0) is 10.4 Å². The van der Waals surface area contributed by atoms with Gasteiger partial charge in [-0.3, -0.25) is 0 Å². The van der Waals surface area contributed by atoms with Crippen molar-refractivity contribution >= 4 is 5.71 Å². The summed E-state index contributed by atoms with van der Waals surface area (Å²) in [7, 11) is 1.27. The van der Waals surface area contributed by atoms with Crippen molar-refractivity contribution in [3.63, 3.8) is 0 Å². The van der Waals surface area contributed by atoms with E-state index in [1.165, 1.54) is 7.11 Å². The Labute approximate surface area is 128 Å². The van der Waals surface area contributed by atoms with E-state index in [0.717, 1.165) is 12.1 Å². The van der Waals surface area contributed by atoms with Gasteiger partial charge in [0.1, 0.15) is 7.11 Å². The van der Waals surface area contributed by atoms with Crippen LogP contribution in [0.4, 0.5) is 26.3 Å². The molecule has 3 nitrogen and oxygen atoms in total. The summed E-state index contributed by atoms with van der Waals surface area (Å²) in [6.45, 7) is 1.83. The third kappa shape index (κ3) is 3.77.